The first-order valence-corrected chi connectivity index (χ1v) is 10.6. The fourth-order valence-electron chi connectivity index (χ4n) is 2.41. The van der Waals surface area contributed by atoms with Gasteiger partial charge in [-0.15, -0.1) is 0 Å². The summed E-state index contributed by atoms with van der Waals surface area (Å²) in [5.41, 5.74) is -0.558. The molecule has 140 valence electrons. The molecule has 0 amide bonds. The Hall–Kier alpha value is -1.60. The lowest BCUT2D eigenvalue weighted by molar-refractivity contribution is -0.387. The lowest BCUT2D eigenvalue weighted by Gasteiger charge is -2.31. The third-order valence-electron chi connectivity index (χ3n) is 3.86. The predicted octanol–water partition coefficient (Wildman–Crippen LogP) is -0.550. The van der Waals surface area contributed by atoms with Gasteiger partial charge in [0.1, 0.15) is 0 Å². The smallest absolute Gasteiger partial charge is 0.289 e. The summed E-state index contributed by atoms with van der Waals surface area (Å²) in [5, 5.41) is 10.9. The number of rotatable bonds is 7. The molecule has 0 aromatic heterocycles. The maximum atomic E-state index is 12.3. The summed E-state index contributed by atoms with van der Waals surface area (Å²) in [6, 6.07) is 4.91. The highest BCUT2D eigenvalue weighted by Gasteiger charge is 2.28. The number of benzene rings is 1. The number of sulfonamides is 2. The number of nitrogens with one attached hydrogen (secondary N) is 1. The van der Waals surface area contributed by atoms with Crippen LogP contribution in [0.5, 0.6) is 0 Å². The van der Waals surface area contributed by atoms with Gasteiger partial charge in [0.25, 0.3) is 5.69 Å². The monoisotopic (exact) mass is 392 g/mol. The summed E-state index contributed by atoms with van der Waals surface area (Å²) >= 11 is 0. The molecule has 0 atom stereocenters. The minimum atomic E-state index is -4.18. The van der Waals surface area contributed by atoms with Gasteiger partial charge >= 0.3 is 0 Å². The predicted molar refractivity (Wildman–Crippen MR) is 91.1 cm³/mol. The molecular formula is C13H20N4O6S2. The molecule has 0 saturated carbocycles. The summed E-state index contributed by atoms with van der Waals surface area (Å²) in [7, 11) is -5.88. The number of nitro benzene ring substituents is 1. The van der Waals surface area contributed by atoms with Crippen LogP contribution < -0.4 is 4.72 Å². The van der Waals surface area contributed by atoms with E-state index in [4.69, 9.17) is 0 Å². The van der Waals surface area contributed by atoms with E-state index in [9.17, 15) is 26.9 Å². The van der Waals surface area contributed by atoms with Gasteiger partial charge in [-0.2, -0.15) is 4.31 Å². The first-order valence-electron chi connectivity index (χ1n) is 7.53. The van der Waals surface area contributed by atoms with Gasteiger partial charge in [-0.1, -0.05) is 12.1 Å². The largest absolute Gasteiger partial charge is 0.304 e. The van der Waals surface area contributed by atoms with E-state index in [0.29, 0.717) is 26.2 Å². The summed E-state index contributed by atoms with van der Waals surface area (Å²) in [6.45, 7) is 1.58. The van der Waals surface area contributed by atoms with Crippen LogP contribution >= 0.6 is 0 Å². The van der Waals surface area contributed by atoms with Gasteiger partial charge in [-0.05, 0) is 13.1 Å². The van der Waals surface area contributed by atoms with E-state index >= 15 is 0 Å². The van der Waals surface area contributed by atoms with Gasteiger partial charge in [-0.3, -0.25) is 10.1 Å². The molecule has 0 radical (unpaired) electrons. The van der Waals surface area contributed by atoms with Gasteiger partial charge in [0.05, 0.1) is 10.7 Å². The summed E-state index contributed by atoms with van der Waals surface area (Å²) in [6.07, 6.45) is 0. The second-order valence-corrected chi connectivity index (χ2v) is 9.46. The van der Waals surface area contributed by atoms with E-state index in [1.165, 1.54) is 16.4 Å². The molecule has 1 aliphatic rings. The van der Waals surface area contributed by atoms with Gasteiger partial charge in [0.15, 0.2) is 4.90 Å². The van der Waals surface area contributed by atoms with Crippen molar-refractivity contribution in [2.24, 2.45) is 0 Å². The zero-order valence-electron chi connectivity index (χ0n) is 13.7. The maximum Gasteiger partial charge on any atom is 0.289 e. The molecule has 1 aromatic carbocycles. The lowest BCUT2D eigenvalue weighted by Crippen LogP contribution is -2.48. The third-order valence-corrected chi connectivity index (χ3v) is 7.24. The topological polar surface area (TPSA) is 130 Å². The number of piperazine rings is 1. The molecule has 1 aromatic rings. The molecule has 0 bridgehead atoms. The summed E-state index contributed by atoms with van der Waals surface area (Å²) < 4.78 is 52.4. The average molecular weight is 392 g/mol. The van der Waals surface area contributed by atoms with Crippen LogP contribution in [0.4, 0.5) is 5.69 Å². The molecule has 1 N–H and O–H groups in total. The molecule has 2 rings (SSSR count). The molecule has 1 heterocycles. The Balaban J connectivity index is 2.02. The Bertz CT molecular complexity index is 832. The Morgan fingerprint density at radius 1 is 1.12 bits per heavy atom. The molecule has 0 aliphatic carbocycles. The number of nitrogens with zero attached hydrogens (tertiary/aromatic N) is 3. The van der Waals surface area contributed by atoms with Crippen molar-refractivity contribution in [1.82, 2.24) is 13.9 Å². The van der Waals surface area contributed by atoms with Gasteiger partial charge in [-0.25, -0.2) is 21.6 Å². The fraction of sp³-hybridized carbons (Fsp3) is 0.538. The van der Waals surface area contributed by atoms with Crippen LogP contribution in [0.15, 0.2) is 29.2 Å². The highest BCUT2D eigenvalue weighted by molar-refractivity contribution is 7.90. The lowest BCUT2D eigenvalue weighted by atomic mass is 10.3. The zero-order valence-corrected chi connectivity index (χ0v) is 15.3. The van der Waals surface area contributed by atoms with Crippen LogP contribution in [0.3, 0.4) is 0 Å². The normalized spacial score (nSPS) is 17.5. The molecule has 1 saturated heterocycles. The molecule has 1 aliphatic heterocycles. The summed E-state index contributed by atoms with van der Waals surface area (Å²) in [4.78, 5) is 11.7. The zero-order chi connectivity index (χ0) is 18.7. The molecule has 25 heavy (non-hydrogen) atoms. The van der Waals surface area contributed by atoms with Gasteiger partial charge in [0.2, 0.25) is 20.0 Å². The molecule has 0 spiro atoms. The van der Waals surface area contributed by atoms with Crippen molar-refractivity contribution in [3.63, 3.8) is 0 Å². The van der Waals surface area contributed by atoms with Crippen LogP contribution in [0.2, 0.25) is 0 Å². The summed E-state index contributed by atoms with van der Waals surface area (Å²) in [5.74, 6) is -0.406. The van der Waals surface area contributed by atoms with Crippen molar-refractivity contribution in [3.05, 3.63) is 34.4 Å². The number of para-hydroxylation sites is 1. The van der Waals surface area contributed by atoms with Crippen molar-refractivity contribution in [2.75, 3.05) is 45.5 Å². The average Bonchev–Trinajstić information content (AvgIpc) is 2.55. The fourth-order valence-corrected chi connectivity index (χ4v) is 5.08. The Kier molecular flexibility index (Phi) is 6.11. The molecule has 10 nitrogen and oxygen atoms in total. The van der Waals surface area contributed by atoms with E-state index in [-0.39, 0.29) is 6.54 Å². The Morgan fingerprint density at radius 3 is 2.32 bits per heavy atom. The van der Waals surface area contributed by atoms with Gasteiger partial charge < -0.3 is 4.90 Å². The second kappa shape index (κ2) is 7.74. The maximum absolute atomic E-state index is 12.3. The number of hydrogen-bond acceptors (Lipinski definition) is 7. The van der Waals surface area contributed by atoms with E-state index in [2.05, 4.69) is 4.72 Å². The minimum Gasteiger partial charge on any atom is -0.304 e. The van der Waals surface area contributed by atoms with Crippen LogP contribution in [0.1, 0.15) is 0 Å². The van der Waals surface area contributed by atoms with E-state index < -0.39 is 41.3 Å². The van der Waals surface area contributed by atoms with Crippen LogP contribution in [-0.4, -0.2) is 76.5 Å². The van der Waals surface area contributed by atoms with E-state index in [0.717, 1.165) is 12.1 Å². The van der Waals surface area contributed by atoms with Crippen molar-refractivity contribution < 1.29 is 21.8 Å². The Labute approximate surface area is 146 Å². The molecule has 0 unspecified atom stereocenters. The van der Waals surface area contributed by atoms with Crippen molar-refractivity contribution in [2.45, 2.75) is 4.90 Å². The van der Waals surface area contributed by atoms with Gasteiger partial charge in [0, 0.05) is 38.8 Å². The minimum absolute atomic E-state index is 0.357. The third kappa shape index (κ3) is 4.95. The van der Waals surface area contributed by atoms with Crippen molar-refractivity contribution >= 4 is 25.7 Å². The van der Waals surface area contributed by atoms with E-state index in [1.54, 1.807) is 0 Å². The van der Waals surface area contributed by atoms with E-state index in [1.807, 2.05) is 11.9 Å². The SMILES string of the molecule is CN1CCN(S(=O)(=O)CCNS(=O)(=O)c2ccccc2[N+](=O)[O-])CC1. The number of nitro groups is 1. The Morgan fingerprint density at radius 2 is 1.72 bits per heavy atom. The first kappa shape index (κ1) is 19.7. The number of hydrogen-bond donors (Lipinski definition) is 1. The van der Waals surface area contributed by atoms with Crippen molar-refractivity contribution in [3.8, 4) is 0 Å². The van der Waals surface area contributed by atoms with Crippen molar-refractivity contribution in [1.29, 1.82) is 0 Å². The standard InChI is InChI=1S/C13H20N4O6S2/c1-15-7-9-16(10-8-15)24(20,21)11-6-14-25(22,23)13-5-3-2-4-12(13)17(18)19/h2-5,14H,6-11H2,1H3. The number of likely N-dealkylation sites (N-methyl/N-ethyl adjacent to an activating group) is 1. The molecular weight excluding hydrogens is 372 g/mol. The first-order chi connectivity index (χ1) is 11.6. The van der Waals surface area contributed by atoms with Crippen LogP contribution in [-0.2, 0) is 20.0 Å². The van der Waals surface area contributed by atoms with Crippen LogP contribution in [0.25, 0.3) is 0 Å². The quantitative estimate of drug-likeness (QED) is 0.487. The van der Waals surface area contributed by atoms with Crippen LogP contribution in [0, 0.1) is 10.1 Å². The molecule has 1 fully saturated rings. The highest BCUT2D eigenvalue weighted by Crippen LogP contribution is 2.22. The highest BCUT2D eigenvalue weighted by atomic mass is 32.2. The second-order valence-electron chi connectivity index (χ2n) is 5.64. The molecule has 12 heteroatoms.